The minimum absolute atomic E-state index is 0.0627. The van der Waals surface area contributed by atoms with E-state index in [1.807, 2.05) is 25.5 Å². The van der Waals surface area contributed by atoms with E-state index in [-0.39, 0.29) is 6.04 Å². The molecule has 25 heavy (non-hydrogen) atoms. The van der Waals surface area contributed by atoms with Crippen molar-refractivity contribution in [3.63, 3.8) is 0 Å². The van der Waals surface area contributed by atoms with E-state index in [1.165, 1.54) is 21.9 Å². The molecule has 3 heteroatoms. The van der Waals surface area contributed by atoms with Crippen molar-refractivity contribution in [3.05, 3.63) is 102 Å². The highest BCUT2D eigenvalue weighted by Gasteiger charge is 2.17. The van der Waals surface area contributed by atoms with Crippen LogP contribution in [0, 0.1) is 0 Å². The second-order valence-corrected chi connectivity index (χ2v) is 6.30. The molecule has 1 heterocycles. The third kappa shape index (κ3) is 3.32. The fourth-order valence-electron chi connectivity index (χ4n) is 3.23. The van der Waals surface area contributed by atoms with Crippen LogP contribution in [-0.4, -0.2) is 9.55 Å². The lowest BCUT2D eigenvalue weighted by Gasteiger charge is -2.19. The molecule has 0 spiro atoms. The maximum atomic E-state index is 4.56. The number of nitrogens with one attached hydrogen (secondary N) is 1. The maximum Gasteiger partial charge on any atom is 0.130 e. The van der Waals surface area contributed by atoms with Gasteiger partial charge in [0.2, 0.25) is 0 Å². The fraction of sp³-hybridized carbons (Fsp3) is 0.136. The van der Waals surface area contributed by atoms with Gasteiger partial charge in [-0.15, -0.1) is 0 Å². The first-order valence-corrected chi connectivity index (χ1v) is 8.54. The van der Waals surface area contributed by atoms with E-state index in [9.17, 15) is 0 Å². The van der Waals surface area contributed by atoms with Gasteiger partial charge in [-0.25, -0.2) is 4.98 Å². The molecule has 1 aromatic heterocycles. The average molecular weight is 327 g/mol. The van der Waals surface area contributed by atoms with E-state index < -0.39 is 0 Å². The zero-order valence-electron chi connectivity index (χ0n) is 14.3. The van der Waals surface area contributed by atoms with Crippen molar-refractivity contribution >= 4 is 10.8 Å². The molecule has 0 bridgehead atoms. The van der Waals surface area contributed by atoms with Crippen LogP contribution in [0.25, 0.3) is 10.8 Å². The van der Waals surface area contributed by atoms with Crippen LogP contribution in [0.2, 0.25) is 0 Å². The molecule has 0 aliphatic heterocycles. The van der Waals surface area contributed by atoms with Crippen LogP contribution >= 0.6 is 0 Å². The largest absolute Gasteiger partial charge is 0.336 e. The highest BCUT2D eigenvalue weighted by Crippen LogP contribution is 2.22. The van der Waals surface area contributed by atoms with Crippen LogP contribution in [-0.2, 0) is 13.6 Å². The molecule has 1 atom stereocenters. The molecule has 1 N–H and O–H groups in total. The Hall–Kier alpha value is -2.91. The van der Waals surface area contributed by atoms with Gasteiger partial charge in [-0.3, -0.25) is 5.32 Å². The van der Waals surface area contributed by atoms with Gasteiger partial charge >= 0.3 is 0 Å². The van der Waals surface area contributed by atoms with Gasteiger partial charge in [0, 0.05) is 26.0 Å². The summed E-state index contributed by atoms with van der Waals surface area (Å²) in [5.74, 6) is 1.02. The second kappa shape index (κ2) is 6.91. The molecule has 0 aliphatic rings. The standard InChI is InChI=1S/C22H21N3/c1-25-14-13-23-22(25)21(19-8-3-2-4-9-19)24-16-17-11-12-18-7-5-6-10-20(18)15-17/h2-15,21,24H,16H2,1H3. The van der Waals surface area contributed by atoms with Crippen LogP contribution in [0.3, 0.4) is 0 Å². The van der Waals surface area contributed by atoms with E-state index in [0.717, 1.165) is 12.4 Å². The van der Waals surface area contributed by atoms with Crippen LogP contribution in [0.5, 0.6) is 0 Å². The van der Waals surface area contributed by atoms with Crippen molar-refractivity contribution < 1.29 is 0 Å². The minimum Gasteiger partial charge on any atom is -0.336 e. The van der Waals surface area contributed by atoms with Crippen molar-refractivity contribution in [2.75, 3.05) is 0 Å². The van der Waals surface area contributed by atoms with E-state index >= 15 is 0 Å². The smallest absolute Gasteiger partial charge is 0.130 e. The third-order valence-corrected chi connectivity index (χ3v) is 4.57. The number of hydrogen-bond donors (Lipinski definition) is 1. The Morgan fingerprint density at radius 2 is 1.68 bits per heavy atom. The number of benzene rings is 3. The number of nitrogens with zero attached hydrogens (tertiary/aromatic N) is 2. The van der Waals surface area contributed by atoms with Crippen molar-refractivity contribution in [1.82, 2.24) is 14.9 Å². The first-order valence-electron chi connectivity index (χ1n) is 8.54. The lowest BCUT2D eigenvalue weighted by atomic mass is 10.0. The first kappa shape index (κ1) is 15.6. The number of imidazole rings is 1. The molecule has 124 valence electrons. The minimum atomic E-state index is 0.0627. The van der Waals surface area contributed by atoms with Gasteiger partial charge in [-0.1, -0.05) is 66.7 Å². The highest BCUT2D eigenvalue weighted by molar-refractivity contribution is 5.82. The maximum absolute atomic E-state index is 4.56. The summed E-state index contributed by atoms with van der Waals surface area (Å²) >= 11 is 0. The monoisotopic (exact) mass is 327 g/mol. The van der Waals surface area contributed by atoms with E-state index in [4.69, 9.17) is 0 Å². The van der Waals surface area contributed by atoms with Crippen LogP contribution < -0.4 is 5.32 Å². The molecule has 0 saturated heterocycles. The van der Waals surface area contributed by atoms with E-state index in [2.05, 4.69) is 81.6 Å². The molecule has 3 nitrogen and oxygen atoms in total. The zero-order valence-corrected chi connectivity index (χ0v) is 14.3. The summed E-state index contributed by atoms with van der Waals surface area (Å²) in [6, 6.07) is 25.6. The van der Waals surface area contributed by atoms with Gasteiger partial charge in [-0.05, 0) is 28.0 Å². The van der Waals surface area contributed by atoms with Gasteiger partial charge in [-0.2, -0.15) is 0 Å². The van der Waals surface area contributed by atoms with Crippen LogP contribution in [0.1, 0.15) is 23.0 Å². The third-order valence-electron chi connectivity index (χ3n) is 4.57. The average Bonchev–Trinajstić information content (AvgIpc) is 3.08. The van der Waals surface area contributed by atoms with Gasteiger partial charge in [0.15, 0.2) is 0 Å². The molecule has 4 rings (SSSR count). The van der Waals surface area contributed by atoms with Gasteiger partial charge in [0.05, 0.1) is 6.04 Å². The van der Waals surface area contributed by atoms with Crippen molar-refractivity contribution in [1.29, 1.82) is 0 Å². The summed E-state index contributed by atoms with van der Waals surface area (Å²) in [6.07, 6.45) is 3.84. The summed E-state index contributed by atoms with van der Waals surface area (Å²) in [7, 11) is 2.04. The Bertz CT molecular complexity index is 973. The summed E-state index contributed by atoms with van der Waals surface area (Å²) in [4.78, 5) is 4.56. The zero-order chi connectivity index (χ0) is 17.1. The Balaban J connectivity index is 1.61. The molecular weight excluding hydrogens is 306 g/mol. The summed E-state index contributed by atoms with van der Waals surface area (Å²) in [5.41, 5.74) is 2.49. The van der Waals surface area contributed by atoms with Crippen molar-refractivity contribution in [3.8, 4) is 0 Å². The van der Waals surface area contributed by atoms with Crippen LogP contribution in [0.15, 0.2) is 85.2 Å². The highest BCUT2D eigenvalue weighted by atomic mass is 15.1. The number of hydrogen-bond acceptors (Lipinski definition) is 2. The Labute approximate surface area is 148 Å². The molecule has 0 radical (unpaired) electrons. The van der Waals surface area contributed by atoms with Crippen molar-refractivity contribution in [2.45, 2.75) is 12.6 Å². The van der Waals surface area contributed by atoms with E-state index in [0.29, 0.717) is 0 Å². The first-order chi connectivity index (χ1) is 12.3. The summed E-state index contributed by atoms with van der Waals surface area (Å²) in [5, 5.41) is 6.22. The Kier molecular flexibility index (Phi) is 4.32. The van der Waals surface area contributed by atoms with Gasteiger partial charge in [0.1, 0.15) is 5.82 Å². The molecule has 1 unspecified atom stereocenters. The Morgan fingerprint density at radius 3 is 2.44 bits per heavy atom. The molecule has 4 aromatic rings. The SMILES string of the molecule is Cn1ccnc1C(NCc1ccc2ccccc2c1)c1ccccc1. The quantitative estimate of drug-likeness (QED) is 0.587. The summed E-state index contributed by atoms with van der Waals surface area (Å²) < 4.78 is 2.07. The van der Waals surface area contributed by atoms with E-state index in [1.54, 1.807) is 0 Å². The molecule has 3 aromatic carbocycles. The lowest BCUT2D eigenvalue weighted by molar-refractivity contribution is 0.558. The van der Waals surface area contributed by atoms with Crippen molar-refractivity contribution in [2.24, 2.45) is 7.05 Å². The molecule has 0 fully saturated rings. The van der Waals surface area contributed by atoms with Gasteiger partial charge in [0.25, 0.3) is 0 Å². The predicted molar refractivity (Wildman–Crippen MR) is 102 cm³/mol. The molecule has 0 aliphatic carbocycles. The lowest BCUT2D eigenvalue weighted by Crippen LogP contribution is -2.24. The van der Waals surface area contributed by atoms with Gasteiger partial charge < -0.3 is 4.57 Å². The molecular formula is C22H21N3. The number of fused-ring (bicyclic) bond motifs is 1. The number of aromatic nitrogens is 2. The normalized spacial score (nSPS) is 12.4. The molecule has 0 saturated carbocycles. The summed E-state index contributed by atoms with van der Waals surface area (Å²) in [6.45, 7) is 0.789. The van der Waals surface area contributed by atoms with Crippen LogP contribution in [0.4, 0.5) is 0 Å². The predicted octanol–water partition coefficient (Wildman–Crippen LogP) is 4.45. The number of rotatable bonds is 5. The Morgan fingerprint density at radius 1 is 0.920 bits per heavy atom. The molecule has 0 amide bonds. The number of aryl methyl sites for hydroxylation is 1. The topological polar surface area (TPSA) is 29.9 Å². The fourth-order valence-corrected chi connectivity index (χ4v) is 3.23. The second-order valence-electron chi connectivity index (χ2n) is 6.30.